The molecule has 1 aromatic carbocycles. The molecule has 0 heterocycles. The first-order valence-electron chi connectivity index (χ1n) is 8.15. The number of aryl methyl sites for hydroxylation is 2. The van der Waals surface area contributed by atoms with Crippen LogP contribution < -0.4 is 10.1 Å². The van der Waals surface area contributed by atoms with Crippen LogP contribution in [0.25, 0.3) is 0 Å². The zero-order chi connectivity index (χ0) is 15.7. The van der Waals surface area contributed by atoms with Crippen LogP contribution in [0.3, 0.4) is 0 Å². The molecule has 3 heteroatoms. The number of hydrogen-bond acceptors (Lipinski definition) is 3. The highest BCUT2D eigenvalue weighted by molar-refractivity contribution is 5.39. The van der Waals surface area contributed by atoms with Crippen LogP contribution in [0.5, 0.6) is 5.75 Å². The van der Waals surface area contributed by atoms with Gasteiger partial charge in [0, 0.05) is 12.6 Å². The van der Waals surface area contributed by atoms with Crippen LogP contribution in [0.4, 0.5) is 0 Å². The Bertz CT molecular complexity index is 386. The van der Waals surface area contributed by atoms with Gasteiger partial charge in [-0.1, -0.05) is 44.4 Å². The average Bonchev–Trinajstić information content (AvgIpc) is 2.45. The van der Waals surface area contributed by atoms with Gasteiger partial charge in [-0.25, -0.2) is 0 Å². The van der Waals surface area contributed by atoms with Crippen molar-refractivity contribution in [3.05, 3.63) is 29.3 Å². The van der Waals surface area contributed by atoms with Crippen LogP contribution in [0.2, 0.25) is 0 Å². The molecule has 0 radical (unpaired) electrons. The van der Waals surface area contributed by atoms with Crippen LogP contribution >= 0.6 is 0 Å². The van der Waals surface area contributed by atoms with E-state index in [0.717, 1.165) is 23.3 Å². The second kappa shape index (κ2) is 9.80. The van der Waals surface area contributed by atoms with Gasteiger partial charge in [0.1, 0.15) is 18.5 Å². The number of para-hydroxylation sites is 1. The Kier molecular flexibility index (Phi) is 8.40. The lowest BCUT2D eigenvalue weighted by Crippen LogP contribution is -2.36. The summed E-state index contributed by atoms with van der Waals surface area (Å²) in [7, 11) is 0. The Morgan fingerprint density at radius 3 is 2.48 bits per heavy atom. The van der Waals surface area contributed by atoms with Gasteiger partial charge >= 0.3 is 0 Å². The van der Waals surface area contributed by atoms with E-state index in [-0.39, 0.29) is 0 Å². The summed E-state index contributed by atoms with van der Waals surface area (Å²) < 4.78 is 5.77. The molecule has 0 aliphatic rings. The molecule has 1 aromatic rings. The number of benzene rings is 1. The number of nitrogens with one attached hydrogen (secondary N) is 1. The van der Waals surface area contributed by atoms with Gasteiger partial charge < -0.3 is 15.2 Å². The molecule has 120 valence electrons. The minimum absolute atomic E-state index is 0.334. The second-order valence-electron chi connectivity index (χ2n) is 5.99. The highest BCUT2D eigenvalue weighted by Crippen LogP contribution is 2.22. The molecular formula is C18H31NO2. The molecule has 3 nitrogen and oxygen atoms in total. The van der Waals surface area contributed by atoms with Gasteiger partial charge in [0.15, 0.2) is 0 Å². The zero-order valence-corrected chi connectivity index (χ0v) is 14.0. The average molecular weight is 293 g/mol. The number of ether oxygens (including phenoxy) is 1. The number of aliphatic hydroxyl groups excluding tert-OH is 1. The second-order valence-corrected chi connectivity index (χ2v) is 5.99. The number of aliphatic hydroxyl groups is 1. The highest BCUT2D eigenvalue weighted by atomic mass is 16.5. The van der Waals surface area contributed by atoms with Crippen molar-refractivity contribution in [3.63, 3.8) is 0 Å². The molecule has 1 rings (SSSR count). The van der Waals surface area contributed by atoms with E-state index in [2.05, 4.69) is 19.2 Å². The van der Waals surface area contributed by atoms with Crippen molar-refractivity contribution in [2.75, 3.05) is 13.2 Å². The quantitative estimate of drug-likeness (QED) is 0.648. The molecule has 0 saturated heterocycles. The third kappa shape index (κ3) is 6.96. The highest BCUT2D eigenvalue weighted by Gasteiger charge is 2.10. The Labute approximate surface area is 129 Å². The lowest BCUT2D eigenvalue weighted by atomic mass is 10.1. The molecule has 2 N–H and O–H groups in total. The summed E-state index contributed by atoms with van der Waals surface area (Å²) in [5.74, 6) is 0.896. The summed E-state index contributed by atoms with van der Waals surface area (Å²) in [5.41, 5.74) is 2.23. The van der Waals surface area contributed by atoms with Crippen LogP contribution in [-0.2, 0) is 0 Å². The van der Waals surface area contributed by atoms with E-state index in [4.69, 9.17) is 4.74 Å². The monoisotopic (exact) mass is 293 g/mol. The van der Waals surface area contributed by atoms with Crippen molar-refractivity contribution in [2.24, 2.45) is 0 Å². The van der Waals surface area contributed by atoms with E-state index in [1.54, 1.807) is 0 Å². The lowest BCUT2D eigenvalue weighted by Gasteiger charge is -2.19. The Morgan fingerprint density at radius 1 is 1.19 bits per heavy atom. The SMILES string of the molecule is CCCCCC(C)NCC(O)COc1c(C)cccc1C. The number of rotatable bonds is 10. The smallest absolute Gasteiger partial charge is 0.125 e. The molecule has 0 fully saturated rings. The summed E-state index contributed by atoms with van der Waals surface area (Å²) in [4.78, 5) is 0. The van der Waals surface area contributed by atoms with E-state index in [1.807, 2.05) is 32.0 Å². The third-order valence-corrected chi connectivity index (χ3v) is 3.77. The van der Waals surface area contributed by atoms with E-state index in [9.17, 15) is 5.11 Å². The lowest BCUT2D eigenvalue weighted by molar-refractivity contribution is 0.103. The minimum atomic E-state index is -0.474. The Balaban J connectivity index is 2.26. The van der Waals surface area contributed by atoms with Crippen LogP contribution in [0, 0.1) is 13.8 Å². The Morgan fingerprint density at radius 2 is 1.86 bits per heavy atom. The summed E-state index contributed by atoms with van der Waals surface area (Å²) >= 11 is 0. The van der Waals surface area contributed by atoms with Gasteiger partial charge in [-0.15, -0.1) is 0 Å². The van der Waals surface area contributed by atoms with E-state index in [1.165, 1.54) is 19.3 Å². The van der Waals surface area contributed by atoms with Crippen molar-refractivity contribution < 1.29 is 9.84 Å². The van der Waals surface area contributed by atoms with Crippen molar-refractivity contribution in [2.45, 2.75) is 65.5 Å². The van der Waals surface area contributed by atoms with E-state index in [0.29, 0.717) is 19.2 Å². The Hall–Kier alpha value is -1.06. The molecule has 0 aromatic heterocycles. The van der Waals surface area contributed by atoms with E-state index >= 15 is 0 Å². The summed E-state index contributed by atoms with van der Waals surface area (Å²) in [6.45, 7) is 9.37. The fourth-order valence-electron chi connectivity index (χ4n) is 2.41. The van der Waals surface area contributed by atoms with Crippen LogP contribution in [0.1, 0.15) is 50.7 Å². The summed E-state index contributed by atoms with van der Waals surface area (Å²) in [6, 6.07) is 6.53. The zero-order valence-electron chi connectivity index (χ0n) is 14.0. The number of hydrogen-bond donors (Lipinski definition) is 2. The molecule has 0 spiro atoms. The maximum atomic E-state index is 10.0. The predicted octanol–water partition coefficient (Wildman–Crippen LogP) is 3.60. The van der Waals surface area contributed by atoms with Gasteiger partial charge in [0.25, 0.3) is 0 Å². The molecule has 21 heavy (non-hydrogen) atoms. The molecule has 0 bridgehead atoms. The van der Waals surface area contributed by atoms with Crippen molar-refractivity contribution in [1.29, 1.82) is 0 Å². The van der Waals surface area contributed by atoms with Crippen molar-refractivity contribution >= 4 is 0 Å². The van der Waals surface area contributed by atoms with E-state index < -0.39 is 6.10 Å². The number of unbranched alkanes of at least 4 members (excludes halogenated alkanes) is 2. The standard InChI is InChI=1S/C18H31NO2/c1-5-6-7-11-16(4)19-12-17(20)13-21-18-14(2)9-8-10-15(18)3/h8-10,16-17,19-20H,5-7,11-13H2,1-4H3. The van der Waals surface area contributed by atoms with Crippen LogP contribution in [0.15, 0.2) is 18.2 Å². The van der Waals surface area contributed by atoms with Crippen molar-refractivity contribution in [1.82, 2.24) is 5.32 Å². The fourth-order valence-corrected chi connectivity index (χ4v) is 2.41. The first-order valence-corrected chi connectivity index (χ1v) is 8.15. The molecular weight excluding hydrogens is 262 g/mol. The molecule has 0 aliphatic heterocycles. The molecule has 0 amide bonds. The van der Waals surface area contributed by atoms with Gasteiger partial charge in [-0.3, -0.25) is 0 Å². The molecule has 2 atom stereocenters. The van der Waals surface area contributed by atoms with Crippen LogP contribution in [-0.4, -0.2) is 30.4 Å². The van der Waals surface area contributed by atoms with Gasteiger partial charge in [-0.2, -0.15) is 0 Å². The normalized spacial score (nSPS) is 14.0. The predicted molar refractivity (Wildman–Crippen MR) is 89.0 cm³/mol. The first kappa shape index (κ1) is 18.0. The maximum Gasteiger partial charge on any atom is 0.125 e. The first-order chi connectivity index (χ1) is 10.0. The van der Waals surface area contributed by atoms with Gasteiger partial charge in [0.2, 0.25) is 0 Å². The van der Waals surface area contributed by atoms with Gasteiger partial charge in [-0.05, 0) is 38.3 Å². The maximum absolute atomic E-state index is 10.0. The molecule has 0 saturated carbocycles. The van der Waals surface area contributed by atoms with Gasteiger partial charge in [0.05, 0.1) is 0 Å². The molecule has 0 aliphatic carbocycles. The van der Waals surface area contributed by atoms with Crippen molar-refractivity contribution in [3.8, 4) is 5.75 Å². The minimum Gasteiger partial charge on any atom is -0.490 e. The largest absolute Gasteiger partial charge is 0.490 e. The molecule has 2 unspecified atom stereocenters. The fraction of sp³-hybridized carbons (Fsp3) is 0.667. The topological polar surface area (TPSA) is 41.5 Å². The summed E-state index contributed by atoms with van der Waals surface area (Å²) in [6.07, 6.45) is 4.47. The summed E-state index contributed by atoms with van der Waals surface area (Å²) in [5, 5.41) is 13.4. The third-order valence-electron chi connectivity index (χ3n) is 3.77.